The predicted octanol–water partition coefficient (Wildman–Crippen LogP) is 2.21. The summed E-state index contributed by atoms with van der Waals surface area (Å²) in [6.07, 6.45) is 3.40. The molecule has 1 heterocycles. The summed E-state index contributed by atoms with van der Waals surface area (Å²) in [4.78, 5) is 36.0. The zero-order valence-electron chi connectivity index (χ0n) is 22.9. The maximum absolute atomic E-state index is 11.8. The van der Waals surface area contributed by atoms with Crippen molar-refractivity contribution in [3.05, 3.63) is 47.5 Å². The van der Waals surface area contributed by atoms with Gasteiger partial charge >= 0.3 is 12.1 Å². The van der Waals surface area contributed by atoms with E-state index in [-0.39, 0.29) is 29.3 Å². The molecular weight excluding hydrogens is 532 g/mol. The van der Waals surface area contributed by atoms with Gasteiger partial charge in [-0.05, 0) is 30.7 Å². The molecule has 13 nitrogen and oxygen atoms in total. The highest BCUT2D eigenvalue weighted by atomic mass is 16.5. The number of nitrogens with two attached hydrogens (primary N) is 3. The van der Waals surface area contributed by atoms with E-state index in [2.05, 4.69) is 22.5 Å². The summed E-state index contributed by atoms with van der Waals surface area (Å²) in [5.41, 5.74) is 19.8. The summed E-state index contributed by atoms with van der Waals surface area (Å²) in [6.45, 7) is 1.59. The van der Waals surface area contributed by atoms with Crippen molar-refractivity contribution in [2.24, 2.45) is 11.7 Å². The fourth-order valence-electron chi connectivity index (χ4n) is 4.15. The van der Waals surface area contributed by atoms with E-state index in [9.17, 15) is 14.4 Å². The summed E-state index contributed by atoms with van der Waals surface area (Å²) < 4.78 is 15.9. The molecule has 1 aliphatic rings. The first-order valence-electron chi connectivity index (χ1n) is 12.7. The van der Waals surface area contributed by atoms with Crippen LogP contribution in [0.25, 0.3) is 0 Å². The number of carbonyl (C=O) groups is 3. The molecule has 1 unspecified atom stereocenters. The molecule has 0 aliphatic carbocycles. The van der Waals surface area contributed by atoms with Crippen LogP contribution >= 0.6 is 0 Å². The van der Waals surface area contributed by atoms with Crippen molar-refractivity contribution in [3.8, 4) is 23.3 Å². The number of rotatable bonds is 11. The van der Waals surface area contributed by atoms with Crippen LogP contribution < -0.4 is 37.3 Å². The molecule has 41 heavy (non-hydrogen) atoms. The summed E-state index contributed by atoms with van der Waals surface area (Å²) in [5.74, 6) is 5.41. The van der Waals surface area contributed by atoms with Crippen molar-refractivity contribution >= 4 is 40.7 Å². The van der Waals surface area contributed by atoms with Crippen LogP contribution in [0.5, 0.6) is 11.5 Å². The number of ether oxygens (including phenoxy) is 3. The van der Waals surface area contributed by atoms with E-state index in [4.69, 9.17) is 36.5 Å². The molecule has 0 bridgehead atoms. The number of likely N-dealkylation sites (tertiary alicyclic amines) is 1. The van der Waals surface area contributed by atoms with Crippen LogP contribution in [0, 0.1) is 17.8 Å². The Morgan fingerprint density at radius 1 is 1.02 bits per heavy atom. The fraction of sp³-hybridized carbons (Fsp3) is 0.321. The SMILES string of the molecule is COC(=O)c1cc(N)c(NCC=CCNc2c(N)cc(C(N)=O)cc2OCC#CC2CCN(C(=O)O)C2)c(OC)c1. The van der Waals surface area contributed by atoms with E-state index in [1.54, 1.807) is 6.07 Å². The van der Waals surface area contributed by atoms with Gasteiger partial charge in [0.15, 0.2) is 0 Å². The van der Waals surface area contributed by atoms with Crippen LogP contribution in [-0.2, 0) is 4.74 Å². The molecule has 9 N–H and O–H groups in total. The van der Waals surface area contributed by atoms with E-state index >= 15 is 0 Å². The number of hydrogen-bond donors (Lipinski definition) is 6. The molecule has 13 heteroatoms. The molecule has 1 atom stereocenters. The lowest BCUT2D eigenvalue weighted by molar-refractivity contribution is 0.0600. The first-order valence-corrected chi connectivity index (χ1v) is 12.7. The molecule has 218 valence electrons. The van der Waals surface area contributed by atoms with Crippen LogP contribution in [-0.4, -0.2) is 75.0 Å². The zero-order chi connectivity index (χ0) is 29.9. The molecule has 0 spiro atoms. The van der Waals surface area contributed by atoms with Crippen molar-refractivity contribution in [2.75, 3.05) is 69.1 Å². The molecule has 2 amide bonds. The van der Waals surface area contributed by atoms with Crippen molar-refractivity contribution < 1.29 is 33.7 Å². The van der Waals surface area contributed by atoms with Crippen LogP contribution in [0.15, 0.2) is 36.4 Å². The predicted molar refractivity (Wildman–Crippen MR) is 155 cm³/mol. The molecular formula is C28H34N6O7. The monoisotopic (exact) mass is 566 g/mol. The minimum atomic E-state index is -0.956. The number of nitrogens with zero attached hydrogens (tertiary/aromatic N) is 1. The summed E-state index contributed by atoms with van der Waals surface area (Å²) >= 11 is 0. The maximum atomic E-state index is 11.8. The van der Waals surface area contributed by atoms with Gasteiger partial charge in [-0.2, -0.15) is 0 Å². The smallest absolute Gasteiger partial charge is 0.407 e. The van der Waals surface area contributed by atoms with Gasteiger partial charge in [0.25, 0.3) is 0 Å². The number of hydrogen-bond acceptors (Lipinski definition) is 10. The van der Waals surface area contributed by atoms with Crippen molar-refractivity contribution in [3.63, 3.8) is 0 Å². The normalized spacial score (nSPS) is 14.2. The molecule has 1 aliphatic heterocycles. The maximum Gasteiger partial charge on any atom is 0.407 e. The average Bonchev–Trinajstić information content (AvgIpc) is 3.43. The number of esters is 1. The highest BCUT2D eigenvalue weighted by molar-refractivity contribution is 5.96. The number of carbonyl (C=O) groups excluding carboxylic acids is 2. The minimum Gasteiger partial charge on any atom is -0.494 e. The average molecular weight is 567 g/mol. The Hall–Kier alpha value is -5.25. The van der Waals surface area contributed by atoms with Gasteiger partial charge in [0.1, 0.15) is 29.5 Å². The van der Waals surface area contributed by atoms with Gasteiger partial charge in [-0.1, -0.05) is 24.0 Å². The van der Waals surface area contributed by atoms with Crippen molar-refractivity contribution in [1.29, 1.82) is 0 Å². The first-order chi connectivity index (χ1) is 19.6. The molecule has 1 saturated heterocycles. The molecule has 2 aromatic rings. The molecule has 0 radical (unpaired) electrons. The highest BCUT2D eigenvalue weighted by Gasteiger charge is 2.24. The second-order valence-corrected chi connectivity index (χ2v) is 8.99. The number of anilines is 4. The van der Waals surface area contributed by atoms with Crippen molar-refractivity contribution in [2.45, 2.75) is 6.42 Å². The Morgan fingerprint density at radius 2 is 1.63 bits per heavy atom. The number of amides is 2. The standard InChI is InChI=1S/C28H34N6O7/c1-39-22-15-19(27(36)40-2)13-21(30)24(22)32-8-3-4-9-33-25-20(29)12-18(26(31)35)14-23(25)41-11-5-6-17-7-10-34(16-17)28(37)38/h3-4,12-15,17,32-33H,7-11,16,29-30H2,1-2H3,(H2,31,35)(H,37,38). The number of carboxylic acid groups (broad SMARTS) is 1. The molecule has 0 saturated carbocycles. The lowest BCUT2D eigenvalue weighted by atomic mass is 10.1. The lowest BCUT2D eigenvalue weighted by Gasteiger charge is -2.15. The Labute approximate surface area is 237 Å². The number of primary amides is 1. The van der Waals surface area contributed by atoms with Crippen LogP contribution in [0.4, 0.5) is 27.5 Å². The largest absolute Gasteiger partial charge is 0.494 e. The van der Waals surface area contributed by atoms with Gasteiger partial charge in [-0.25, -0.2) is 9.59 Å². The van der Waals surface area contributed by atoms with Crippen molar-refractivity contribution in [1.82, 2.24) is 4.90 Å². The Bertz CT molecular complexity index is 1380. The third kappa shape index (κ3) is 8.12. The van der Waals surface area contributed by atoms with Crippen LogP contribution in [0.3, 0.4) is 0 Å². The molecule has 2 aromatic carbocycles. The van der Waals surface area contributed by atoms with Gasteiger partial charge < -0.3 is 52.1 Å². The molecule has 3 rings (SSSR count). The Balaban J connectivity index is 1.61. The third-order valence-electron chi connectivity index (χ3n) is 6.22. The Kier molecular flexibility index (Phi) is 10.5. The number of methoxy groups -OCH3 is 2. The molecule has 0 aromatic heterocycles. The van der Waals surface area contributed by atoms with Gasteiger partial charge in [0.2, 0.25) is 5.91 Å². The van der Waals surface area contributed by atoms with Crippen LogP contribution in [0.1, 0.15) is 27.1 Å². The van der Waals surface area contributed by atoms with Crippen LogP contribution in [0.2, 0.25) is 0 Å². The topological polar surface area (TPSA) is 204 Å². The number of nitrogen functional groups attached to an aromatic ring is 2. The van der Waals surface area contributed by atoms with Gasteiger partial charge in [0.05, 0.1) is 31.2 Å². The second kappa shape index (κ2) is 14.2. The Morgan fingerprint density at radius 3 is 2.20 bits per heavy atom. The van der Waals surface area contributed by atoms with E-state index in [0.29, 0.717) is 61.2 Å². The summed E-state index contributed by atoms with van der Waals surface area (Å²) in [7, 11) is 2.76. The van der Waals surface area contributed by atoms with Gasteiger partial charge in [-0.15, -0.1) is 0 Å². The highest BCUT2D eigenvalue weighted by Crippen LogP contribution is 2.33. The second-order valence-electron chi connectivity index (χ2n) is 8.99. The first kappa shape index (κ1) is 30.3. The molecule has 1 fully saturated rings. The van der Waals surface area contributed by atoms with E-state index in [1.807, 2.05) is 12.2 Å². The van der Waals surface area contributed by atoms with Gasteiger partial charge in [-0.3, -0.25) is 4.79 Å². The van der Waals surface area contributed by atoms with E-state index in [1.165, 1.54) is 37.3 Å². The third-order valence-corrected chi connectivity index (χ3v) is 6.22. The quantitative estimate of drug-likeness (QED) is 0.101. The van der Waals surface area contributed by atoms with Gasteiger partial charge in [0, 0.05) is 37.7 Å². The summed E-state index contributed by atoms with van der Waals surface area (Å²) in [6, 6.07) is 5.99. The van der Waals surface area contributed by atoms with E-state index < -0.39 is 18.0 Å². The van der Waals surface area contributed by atoms with E-state index in [0.717, 1.165) is 0 Å². The lowest BCUT2D eigenvalue weighted by Crippen LogP contribution is -2.26. The fourth-order valence-corrected chi connectivity index (χ4v) is 4.15. The zero-order valence-corrected chi connectivity index (χ0v) is 22.9. The number of benzene rings is 2. The number of nitrogens with one attached hydrogen (secondary N) is 2. The summed E-state index contributed by atoms with van der Waals surface area (Å²) in [5, 5.41) is 15.4. The minimum absolute atomic E-state index is 0.0116.